The SMILES string of the molecule is O=C1CO[CH]OC1. The van der Waals surface area contributed by atoms with Crippen molar-refractivity contribution >= 4 is 5.78 Å². The van der Waals surface area contributed by atoms with E-state index in [0.717, 1.165) is 0 Å². The fourth-order valence-corrected chi connectivity index (χ4v) is 0.344. The average Bonchev–Trinajstić information content (AvgIpc) is 1.69. The Labute approximate surface area is 41.2 Å². The van der Waals surface area contributed by atoms with Crippen LogP contribution in [0.1, 0.15) is 0 Å². The van der Waals surface area contributed by atoms with Crippen LogP contribution in [0.15, 0.2) is 0 Å². The first-order chi connectivity index (χ1) is 3.39. The van der Waals surface area contributed by atoms with Gasteiger partial charge in [0.15, 0.2) is 5.78 Å². The van der Waals surface area contributed by atoms with Crippen LogP contribution >= 0.6 is 0 Å². The molecule has 3 heteroatoms. The maximum absolute atomic E-state index is 10.2. The van der Waals surface area contributed by atoms with E-state index in [-0.39, 0.29) is 19.0 Å². The number of Topliss-reactive ketones (excluding diaryl/α,β-unsaturated/α-hetero) is 1. The number of carbonyl (C=O) groups excluding carboxylic acids is 1. The van der Waals surface area contributed by atoms with Gasteiger partial charge in [0, 0.05) is 0 Å². The molecule has 3 nitrogen and oxygen atoms in total. The van der Waals surface area contributed by atoms with Crippen LogP contribution in [-0.2, 0) is 14.3 Å². The van der Waals surface area contributed by atoms with Crippen molar-refractivity contribution in [3.8, 4) is 0 Å². The van der Waals surface area contributed by atoms with Crippen molar-refractivity contribution in [2.24, 2.45) is 0 Å². The van der Waals surface area contributed by atoms with Gasteiger partial charge in [0.1, 0.15) is 13.2 Å². The molecule has 1 fully saturated rings. The van der Waals surface area contributed by atoms with E-state index in [4.69, 9.17) is 0 Å². The van der Waals surface area contributed by atoms with Crippen molar-refractivity contribution in [1.29, 1.82) is 0 Å². The molecule has 1 aliphatic heterocycles. The largest absolute Gasteiger partial charge is 0.340 e. The van der Waals surface area contributed by atoms with E-state index in [1.165, 1.54) is 6.79 Å². The van der Waals surface area contributed by atoms with Crippen molar-refractivity contribution < 1.29 is 14.3 Å². The molecule has 1 saturated heterocycles. The third-order valence-electron chi connectivity index (χ3n) is 0.625. The first kappa shape index (κ1) is 4.74. The lowest BCUT2D eigenvalue weighted by molar-refractivity contribution is -0.138. The summed E-state index contributed by atoms with van der Waals surface area (Å²) in [5.74, 6) is -0.0116. The van der Waals surface area contributed by atoms with Gasteiger partial charge in [-0.25, -0.2) is 0 Å². The van der Waals surface area contributed by atoms with Gasteiger partial charge in [-0.15, -0.1) is 0 Å². The Bertz CT molecular complexity index is 71.0. The lowest BCUT2D eigenvalue weighted by Gasteiger charge is -2.07. The molecular formula is C4H5O3. The summed E-state index contributed by atoms with van der Waals surface area (Å²) in [5.41, 5.74) is 0. The normalized spacial score (nSPS) is 22.6. The molecule has 0 saturated carbocycles. The topological polar surface area (TPSA) is 35.5 Å². The van der Waals surface area contributed by atoms with Crippen molar-refractivity contribution in [1.82, 2.24) is 0 Å². The molecule has 0 amide bonds. The predicted molar refractivity (Wildman–Crippen MR) is 21.2 cm³/mol. The zero-order chi connectivity index (χ0) is 5.11. The molecule has 0 atom stereocenters. The number of rotatable bonds is 0. The fraction of sp³-hybridized carbons (Fsp3) is 0.500. The third-order valence-corrected chi connectivity index (χ3v) is 0.625. The standard InChI is InChI=1S/C4H5O3/c5-4-1-6-3-7-2-4/h3H,1-2H2. The average molecular weight is 101 g/mol. The number of carbonyl (C=O) groups is 1. The van der Waals surface area contributed by atoms with Crippen molar-refractivity contribution in [2.75, 3.05) is 13.2 Å². The van der Waals surface area contributed by atoms with Crippen LogP contribution in [0.5, 0.6) is 0 Å². The molecule has 0 aromatic carbocycles. The highest BCUT2D eigenvalue weighted by molar-refractivity contribution is 5.81. The second-order valence-electron chi connectivity index (χ2n) is 1.26. The summed E-state index contributed by atoms with van der Waals surface area (Å²) in [6.45, 7) is 1.52. The Kier molecular flexibility index (Phi) is 1.38. The highest BCUT2D eigenvalue weighted by Gasteiger charge is 2.07. The third kappa shape index (κ3) is 1.25. The Hall–Kier alpha value is -0.410. The van der Waals surface area contributed by atoms with Gasteiger partial charge in [-0.1, -0.05) is 0 Å². The number of hydrogen-bond donors (Lipinski definition) is 0. The van der Waals surface area contributed by atoms with Crippen LogP contribution in [0.25, 0.3) is 0 Å². The molecule has 39 valence electrons. The van der Waals surface area contributed by atoms with Gasteiger partial charge in [-0.2, -0.15) is 0 Å². The van der Waals surface area contributed by atoms with Gasteiger partial charge in [0.2, 0.25) is 6.79 Å². The molecule has 1 aliphatic rings. The van der Waals surface area contributed by atoms with E-state index in [1.807, 2.05) is 0 Å². The van der Waals surface area contributed by atoms with Crippen molar-refractivity contribution in [2.45, 2.75) is 0 Å². The minimum atomic E-state index is -0.0116. The molecular weight excluding hydrogens is 96.0 g/mol. The van der Waals surface area contributed by atoms with Crippen LogP contribution in [0.3, 0.4) is 0 Å². The van der Waals surface area contributed by atoms with Crippen LogP contribution in [0.2, 0.25) is 0 Å². The maximum atomic E-state index is 10.2. The van der Waals surface area contributed by atoms with Gasteiger partial charge in [0.05, 0.1) is 0 Å². The van der Waals surface area contributed by atoms with Crippen molar-refractivity contribution in [3.05, 3.63) is 6.79 Å². The lowest BCUT2D eigenvalue weighted by Crippen LogP contribution is -2.20. The molecule has 7 heavy (non-hydrogen) atoms. The summed E-state index contributed by atoms with van der Waals surface area (Å²) in [4.78, 5) is 10.2. The Morgan fingerprint density at radius 3 is 2.29 bits per heavy atom. The molecule has 0 aromatic rings. The van der Waals surface area contributed by atoms with Gasteiger partial charge < -0.3 is 9.47 Å². The van der Waals surface area contributed by atoms with Gasteiger partial charge >= 0.3 is 0 Å². The van der Waals surface area contributed by atoms with Crippen LogP contribution in [-0.4, -0.2) is 19.0 Å². The molecule has 0 unspecified atom stereocenters. The second-order valence-corrected chi connectivity index (χ2v) is 1.26. The Balaban J connectivity index is 2.25. The summed E-state index contributed by atoms with van der Waals surface area (Å²) >= 11 is 0. The Morgan fingerprint density at radius 2 is 2.00 bits per heavy atom. The predicted octanol–water partition coefficient (Wildman–Crippen LogP) is -0.278. The maximum Gasteiger partial charge on any atom is 0.210 e. The molecule has 1 rings (SSSR count). The fourth-order valence-electron chi connectivity index (χ4n) is 0.344. The minimum absolute atomic E-state index is 0.0116. The quantitative estimate of drug-likeness (QED) is 0.421. The van der Waals surface area contributed by atoms with E-state index in [0.29, 0.717) is 0 Å². The van der Waals surface area contributed by atoms with Gasteiger partial charge in [-0.05, 0) is 0 Å². The molecule has 0 spiro atoms. The molecule has 0 N–H and O–H groups in total. The second kappa shape index (κ2) is 2.04. The number of ketones is 1. The van der Waals surface area contributed by atoms with E-state index in [2.05, 4.69) is 9.47 Å². The van der Waals surface area contributed by atoms with Gasteiger partial charge in [0.25, 0.3) is 0 Å². The van der Waals surface area contributed by atoms with E-state index in [1.54, 1.807) is 0 Å². The zero-order valence-corrected chi connectivity index (χ0v) is 3.72. The van der Waals surface area contributed by atoms with E-state index in [9.17, 15) is 4.79 Å². The molecule has 0 bridgehead atoms. The summed E-state index contributed by atoms with van der Waals surface area (Å²) in [6.07, 6.45) is 0. The van der Waals surface area contributed by atoms with Crippen molar-refractivity contribution in [3.63, 3.8) is 0 Å². The Morgan fingerprint density at radius 1 is 1.43 bits per heavy atom. The molecule has 0 aromatic heterocycles. The summed E-state index contributed by atoms with van der Waals surface area (Å²) in [7, 11) is 0. The van der Waals surface area contributed by atoms with Crippen LogP contribution in [0.4, 0.5) is 0 Å². The summed E-state index contributed by atoms with van der Waals surface area (Å²) in [5, 5.41) is 0. The molecule has 0 aliphatic carbocycles. The number of ether oxygens (including phenoxy) is 2. The lowest BCUT2D eigenvalue weighted by atomic mass is 10.4. The monoisotopic (exact) mass is 101 g/mol. The zero-order valence-electron chi connectivity index (χ0n) is 3.72. The van der Waals surface area contributed by atoms with E-state index >= 15 is 0 Å². The molecule has 1 heterocycles. The van der Waals surface area contributed by atoms with Crippen LogP contribution in [0, 0.1) is 6.79 Å². The first-order valence-electron chi connectivity index (χ1n) is 1.96. The first-order valence-corrected chi connectivity index (χ1v) is 1.96. The summed E-state index contributed by atoms with van der Waals surface area (Å²) in [6, 6.07) is 0. The number of hydrogen-bond acceptors (Lipinski definition) is 3. The smallest absolute Gasteiger partial charge is 0.210 e. The minimum Gasteiger partial charge on any atom is -0.340 e. The van der Waals surface area contributed by atoms with Crippen LogP contribution < -0.4 is 0 Å². The molecule has 1 radical (unpaired) electrons. The van der Waals surface area contributed by atoms with E-state index < -0.39 is 0 Å². The highest BCUT2D eigenvalue weighted by atomic mass is 16.7. The highest BCUT2D eigenvalue weighted by Crippen LogP contribution is 1.93. The summed E-state index contributed by atoms with van der Waals surface area (Å²) < 4.78 is 8.97. The van der Waals surface area contributed by atoms with Gasteiger partial charge in [-0.3, -0.25) is 4.79 Å².